The van der Waals surface area contributed by atoms with E-state index < -0.39 is 11.7 Å². The molecular formula is C10H13BrFN5O. The second-order valence-corrected chi connectivity index (χ2v) is 4.28. The molecule has 6 nitrogen and oxygen atoms in total. The lowest BCUT2D eigenvalue weighted by molar-refractivity contribution is 0.0971. The Hall–Kier alpha value is -1.67. The van der Waals surface area contributed by atoms with Crippen molar-refractivity contribution in [2.24, 2.45) is 10.8 Å². The van der Waals surface area contributed by atoms with Crippen LogP contribution in [0.15, 0.2) is 15.5 Å². The van der Waals surface area contributed by atoms with Gasteiger partial charge in [0.2, 0.25) is 5.96 Å². The van der Waals surface area contributed by atoms with Gasteiger partial charge >= 0.3 is 0 Å². The number of guanidine groups is 1. The number of hydrazine groups is 1. The van der Waals surface area contributed by atoms with Crippen LogP contribution in [0, 0.1) is 12.7 Å². The molecule has 8 heteroatoms. The molecule has 98 valence electrons. The molecule has 6 N–H and O–H groups in total. The van der Waals surface area contributed by atoms with Crippen molar-refractivity contribution in [1.82, 2.24) is 10.7 Å². The van der Waals surface area contributed by atoms with Crippen LogP contribution in [0.3, 0.4) is 0 Å². The fraction of sp³-hybridized carbons (Fsp3) is 0.200. The smallest absolute Gasteiger partial charge is 0.261 e. The van der Waals surface area contributed by atoms with Crippen molar-refractivity contribution >= 4 is 33.5 Å². The third-order valence-electron chi connectivity index (χ3n) is 2.35. The molecule has 0 saturated carbocycles. The molecule has 1 aromatic carbocycles. The van der Waals surface area contributed by atoms with Crippen LogP contribution in [0.25, 0.3) is 0 Å². The Balaban J connectivity index is 3.18. The van der Waals surface area contributed by atoms with Crippen LogP contribution in [0.1, 0.15) is 15.9 Å². The first-order valence-corrected chi connectivity index (χ1v) is 5.70. The number of rotatable bonds is 1. The van der Waals surface area contributed by atoms with E-state index in [1.807, 2.05) is 0 Å². The van der Waals surface area contributed by atoms with Gasteiger partial charge in [0.1, 0.15) is 5.82 Å². The third kappa shape index (κ3) is 2.77. The first-order valence-electron chi connectivity index (χ1n) is 4.91. The average Bonchev–Trinajstić information content (AvgIpc) is 2.33. The summed E-state index contributed by atoms with van der Waals surface area (Å²) in [6, 6.07) is 1.13. The molecule has 0 aliphatic heterocycles. The zero-order valence-corrected chi connectivity index (χ0v) is 11.4. The topological polar surface area (TPSA) is 106 Å². The van der Waals surface area contributed by atoms with Crippen molar-refractivity contribution in [3.63, 3.8) is 0 Å². The van der Waals surface area contributed by atoms with Crippen molar-refractivity contribution < 1.29 is 9.18 Å². The van der Waals surface area contributed by atoms with Crippen LogP contribution < -0.4 is 22.3 Å². The zero-order chi connectivity index (χ0) is 13.9. The second-order valence-electron chi connectivity index (χ2n) is 3.42. The number of nitrogens with two attached hydrogens (primary N) is 2. The number of carbonyl (C=O) groups is 1. The van der Waals surface area contributed by atoms with Crippen molar-refractivity contribution in [2.75, 3.05) is 12.8 Å². The van der Waals surface area contributed by atoms with Crippen LogP contribution in [0.5, 0.6) is 0 Å². The lowest BCUT2D eigenvalue weighted by Gasteiger charge is -2.12. The predicted molar refractivity (Wildman–Crippen MR) is 71.4 cm³/mol. The van der Waals surface area contributed by atoms with E-state index in [0.29, 0.717) is 15.7 Å². The van der Waals surface area contributed by atoms with Crippen molar-refractivity contribution in [1.29, 1.82) is 0 Å². The van der Waals surface area contributed by atoms with E-state index in [0.717, 1.165) is 6.07 Å². The van der Waals surface area contributed by atoms with E-state index in [4.69, 9.17) is 11.6 Å². The highest BCUT2D eigenvalue weighted by molar-refractivity contribution is 9.10. The molecular weight excluding hydrogens is 305 g/mol. The van der Waals surface area contributed by atoms with Crippen LogP contribution >= 0.6 is 15.9 Å². The molecule has 0 bridgehead atoms. The van der Waals surface area contributed by atoms with Crippen molar-refractivity contribution in [2.45, 2.75) is 6.92 Å². The van der Waals surface area contributed by atoms with E-state index in [2.05, 4.69) is 31.7 Å². The zero-order valence-electron chi connectivity index (χ0n) is 9.84. The number of anilines is 1. The van der Waals surface area contributed by atoms with E-state index in [-0.39, 0.29) is 11.5 Å². The lowest BCUT2D eigenvalue weighted by atomic mass is 10.1. The maximum absolute atomic E-state index is 13.8. The van der Waals surface area contributed by atoms with Gasteiger partial charge in [0, 0.05) is 17.2 Å². The molecule has 0 heterocycles. The molecule has 1 rings (SSSR count). The molecule has 1 amide bonds. The summed E-state index contributed by atoms with van der Waals surface area (Å²) in [6.07, 6.45) is 0. The Morgan fingerprint density at radius 1 is 1.56 bits per heavy atom. The maximum Gasteiger partial charge on any atom is 0.261 e. The number of nitrogens with zero attached hydrogens (tertiary/aromatic N) is 1. The van der Waals surface area contributed by atoms with Crippen LogP contribution in [-0.2, 0) is 0 Å². The number of aliphatic imine (C=N–C) groups is 1. The van der Waals surface area contributed by atoms with Crippen LogP contribution in [0.4, 0.5) is 10.1 Å². The van der Waals surface area contributed by atoms with E-state index >= 15 is 0 Å². The number of hydrogen-bond donors (Lipinski definition) is 4. The van der Waals surface area contributed by atoms with Gasteiger partial charge in [-0.1, -0.05) is 0 Å². The van der Waals surface area contributed by atoms with E-state index in [1.165, 1.54) is 7.05 Å². The monoisotopic (exact) mass is 317 g/mol. The van der Waals surface area contributed by atoms with Crippen LogP contribution in [-0.4, -0.2) is 18.9 Å². The second kappa shape index (κ2) is 5.78. The quantitative estimate of drug-likeness (QED) is 0.201. The average molecular weight is 318 g/mol. The molecule has 0 aliphatic rings. The van der Waals surface area contributed by atoms with Gasteiger partial charge in [0.25, 0.3) is 5.91 Å². The molecule has 0 fully saturated rings. The van der Waals surface area contributed by atoms with Gasteiger partial charge in [-0.3, -0.25) is 20.5 Å². The number of benzene rings is 1. The molecule has 0 unspecified atom stereocenters. The SMILES string of the molecule is CN=C(NN)NC(=O)c1c(F)cc(Br)c(N)c1C. The molecule has 0 aliphatic carbocycles. The highest BCUT2D eigenvalue weighted by Gasteiger charge is 2.19. The van der Waals surface area contributed by atoms with Crippen molar-refractivity contribution in [3.05, 3.63) is 27.5 Å². The molecule has 0 spiro atoms. The summed E-state index contributed by atoms with van der Waals surface area (Å²) in [4.78, 5) is 15.5. The minimum absolute atomic E-state index is 0.0280. The Bertz CT molecular complexity index is 517. The first kappa shape index (κ1) is 14.4. The predicted octanol–water partition coefficient (Wildman–Crippen LogP) is 0.658. The third-order valence-corrected chi connectivity index (χ3v) is 3.00. The number of amides is 1. The Morgan fingerprint density at radius 3 is 2.67 bits per heavy atom. The summed E-state index contributed by atoms with van der Waals surface area (Å²) in [7, 11) is 1.43. The maximum atomic E-state index is 13.8. The lowest BCUT2D eigenvalue weighted by Crippen LogP contribution is -2.44. The minimum Gasteiger partial charge on any atom is -0.398 e. The number of nitrogen functional groups attached to an aromatic ring is 1. The van der Waals surface area contributed by atoms with Gasteiger partial charge < -0.3 is 5.73 Å². The van der Waals surface area contributed by atoms with Crippen molar-refractivity contribution in [3.8, 4) is 0 Å². The summed E-state index contributed by atoms with van der Waals surface area (Å²) in [5.41, 5.74) is 8.39. The summed E-state index contributed by atoms with van der Waals surface area (Å²) >= 11 is 3.11. The summed E-state index contributed by atoms with van der Waals surface area (Å²) < 4.78 is 14.2. The fourth-order valence-corrected chi connectivity index (χ4v) is 1.86. The highest BCUT2D eigenvalue weighted by atomic mass is 79.9. The normalized spacial score (nSPS) is 11.3. The van der Waals surface area contributed by atoms with Gasteiger partial charge in [-0.05, 0) is 34.5 Å². The van der Waals surface area contributed by atoms with Gasteiger partial charge in [-0.25, -0.2) is 10.2 Å². The van der Waals surface area contributed by atoms with Gasteiger partial charge in [0.15, 0.2) is 0 Å². The number of halogens is 2. The van der Waals surface area contributed by atoms with E-state index in [9.17, 15) is 9.18 Å². The molecule has 0 aromatic heterocycles. The molecule has 0 saturated heterocycles. The molecule has 18 heavy (non-hydrogen) atoms. The first-order chi connectivity index (χ1) is 8.42. The largest absolute Gasteiger partial charge is 0.398 e. The minimum atomic E-state index is -0.682. The molecule has 1 aromatic rings. The molecule has 0 atom stereocenters. The molecule has 0 radical (unpaired) electrons. The Morgan fingerprint density at radius 2 is 2.17 bits per heavy atom. The summed E-state index contributed by atoms with van der Waals surface area (Å²) in [6.45, 7) is 1.55. The highest BCUT2D eigenvalue weighted by Crippen LogP contribution is 2.28. The van der Waals surface area contributed by atoms with Gasteiger partial charge in [-0.2, -0.15) is 0 Å². The summed E-state index contributed by atoms with van der Waals surface area (Å²) in [5, 5.41) is 2.33. The van der Waals surface area contributed by atoms with E-state index in [1.54, 1.807) is 6.92 Å². The fourth-order valence-electron chi connectivity index (χ4n) is 1.36. The Labute approximate surface area is 112 Å². The number of carbonyl (C=O) groups excluding carboxylic acids is 1. The number of nitrogens with one attached hydrogen (secondary N) is 2. The standard InChI is InChI=1S/C10H13BrFN5O/c1-4-7(6(12)3-5(11)8(4)13)9(18)16-10(15-2)17-14/h3H,13-14H2,1-2H3,(H2,15,16,17,18). The van der Waals surface area contributed by atoms with Gasteiger partial charge in [0.05, 0.1) is 5.56 Å². The van der Waals surface area contributed by atoms with Gasteiger partial charge in [-0.15, -0.1) is 0 Å². The summed E-state index contributed by atoms with van der Waals surface area (Å²) in [5.74, 6) is 3.79. The Kier molecular flexibility index (Phi) is 4.62. The number of hydrogen-bond acceptors (Lipinski definition) is 4. The van der Waals surface area contributed by atoms with Crippen LogP contribution in [0.2, 0.25) is 0 Å².